The molecule has 2 amide bonds. The molecule has 3 heterocycles. The first kappa shape index (κ1) is 18.5. The SMILES string of the molecule is O=C(CCC(=O)N1CCc2oc(C3CCOCC3)nc2C1)NC1CCCC1. The van der Waals surface area contributed by atoms with Crippen LogP contribution in [0.2, 0.25) is 0 Å². The number of nitrogens with one attached hydrogen (secondary N) is 1. The van der Waals surface area contributed by atoms with E-state index in [-0.39, 0.29) is 24.7 Å². The van der Waals surface area contributed by atoms with Crippen LogP contribution in [0, 0.1) is 0 Å². The van der Waals surface area contributed by atoms with Gasteiger partial charge in [0.25, 0.3) is 0 Å². The van der Waals surface area contributed by atoms with E-state index in [1.54, 1.807) is 0 Å². The lowest BCUT2D eigenvalue weighted by atomic mass is 10.0. The van der Waals surface area contributed by atoms with E-state index in [0.29, 0.717) is 31.5 Å². The van der Waals surface area contributed by atoms with Crippen LogP contribution in [0.4, 0.5) is 0 Å². The maximum absolute atomic E-state index is 12.5. The van der Waals surface area contributed by atoms with Crippen molar-refractivity contribution in [2.45, 2.75) is 76.3 Å². The van der Waals surface area contributed by atoms with Crippen LogP contribution in [0.5, 0.6) is 0 Å². The summed E-state index contributed by atoms with van der Waals surface area (Å²) in [4.78, 5) is 31.1. The van der Waals surface area contributed by atoms with Crippen LogP contribution in [0.3, 0.4) is 0 Å². The third kappa shape index (κ3) is 4.51. The lowest BCUT2D eigenvalue weighted by Gasteiger charge is -2.25. The van der Waals surface area contributed by atoms with Gasteiger partial charge in [0, 0.05) is 51.0 Å². The predicted octanol–water partition coefficient (Wildman–Crippen LogP) is 2.29. The zero-order valence-electron chi connectivity index (χ0n) is 15.9. The number of ether oxygens (including phenoxy) is 1. The van der Waals surface area contributed by atoms with Gasteiger partial charge in [-0.25, -0.2) is 4.98 Å². The molecule has 0 unspecified atom stereocenters. The summed E-state index contributed by atoms with van der Waals surface area (Å²) in [6, 6.07) is 0.309. The number of fused-ring (bicyclic) bond motifs is 1. The van der Waals surface area contributed by atoms with Crippen LogP contribution in [0.1, 0.15) is 74.6 Å². The summed E-state index contributed by atoms with van der Waals surface area (Å²) >= 11 is 0. The highest BCUT2D eigenvalue weighted by atomic mass is 16.5. The van der Waals surface area contributed by atoms with E-state index in [2.05, 4.69) is 10.3 Å². The van der Waals surface area contributed by atoms with Gasteiger partial charge in [0.1, 0.15) is 11.5 Å². The fourth-order valence-corrected chi connectivity index (χ4v) is 4.30. The summed E-state index contributed by atoms with van der Waals surface area (Å²) in [7, 11) is 0. The van der Waals surface area contributed by atoms with Gasteiger partial charge in [0.2, 0.25) is 11.8 Å². The van der Waals surface area contributed by atoms with E-state index in [9.17, 15) is 9.59 Å². The molecule has 1 saturated carbocycles. The van der Waals surface area contributed by atoms with Crippen LogP contribution in [0.25, 0.3) is 0 Å². The minimum absolute atomic E-state index is 0.00353. The standard InChI is InChI=1S/C20H29N3O4/c24-18(21-15-3-1-2-4-15)5-6-19(25)23-10-7-17-16(13-23)22-20(27-17)14-8-11-26-12-9-14/h14-15H,1-13H2,(H,21,24). The third-order valence-corrected chi connectivity index (χ3v) is 5.95. The number of hydrogen-bond donors (Lipinski definition) is 1. The molecule has 1 N–H and O–H groups in total. The molecule has 0 spiro atoms. The van der Waals surface area contributed by atoms with Gasteiger partial charge >= 0.3 is 0 Å². The van der Waals surface area contributed by atoms with Crippen molar-refractivity contribution in [2.24, 2.45) is 0 Å². The molecule has 0 bridgehead atoms. The quantitative estimate of drug-likeness (QED) is 0.854. The molecular formula is C20H29N3O4. The smallest absolute Gasteiger partial charge is 0.223 e. The Balaban J connectivity index is 1.27. The molecule has 3 aliphatic rings. The normalized spacial score (nSPS) is 21.3. The Morgan fingerprint density at radius 1 is 1.11 bits per heavy atom. The van der Waals surface area contributed by atoms with Gasteiger partial charge in [0.05, 0.1) is 6.54 Å². The lowest BCUT2D eigenvalue weighted by molar-refractivity contribution is -0.134. The van der Waals surface area contributed by atoms with Crippen molar-refractivity contribution in [1.82, 2.24) is 15.2 Å². The van der Waals surface area contributed by atoms with E-state index < -0.39 is 0 Å². The van der Waals surface area contributed by atoms with Crippen molar-refractivity contribution in [2.75, 3.05) is 19.8 Å². The molecule has 7 nitrogen and oxygen atoms in total. The largest absolute Gasteiger partial charge is 0.445 e. The number of aromatic nitrogens is 1. The molecule has 148 valence electrons. The Bertz CT molecular complexity index is 675. The summed E-state index contributed by atoms with van der Waals surface area (Å²) in [5.41, 5.74) is 0.881. The fraction of sp³-hybridized carbons (Fsp3) is 0.750. The van der Waals surface area contributed by atoms with Crippen molar-refractivity contribution < 1.29 is 18.7 Å². The lowest BCUT2D eigenvalue weighted by Crippen LogP contribution is -2.37. The topological polar surface area (TPSA) is 84.7 Å². The van der Waals surface area contributed by atoms with Crippen molar-refractivity contribution >= 4 is 11.8 Å². The number of carbonyl (C=O) groups is 2. The molecule has 1 saturated heterocycles. The zero-order chi connectivity index (χ0) is 18.6. The summed E-state index contributed by atoms with van der Waals surface area (Å²) in [5.74, 6) is 2.06. The van der Waals surface area contributed by atoms with Crippen molar-refractivity contribution in [3.63, 3.8) is 0 Å². The molecule has 27 heavy (non-hydrogen) atoms. The molecule has 0 radical (unpaired) electrons. The Hall–Kier alpha value is -1.89. The van der Waals surface area contributed by atoms with Gasteiger partial charge in [-0.1, -0.05) is 12.8 Å². The van der Waals surface area contributed by atoms with Gasteiger partial charge in [-0.05, 0) is 25.7 Å². The highest BCUT2D eigenvalue weighted by Crippen LogP contribution is 2.30. The van der Waals surface area contributed by atoms with Crippen molar-refractivity contribution in [1.29, 1.82) is 0 Å². The highest BCUT2D eigenvalue weighted by Gasteiger charge is 2.29. The molecule has 0 atom stereocenters. The minimum atomic E-state index is -0.00353. The first-order valence-electron chi connectivity index (χ1n) is 10.3. The van der Waals surface area contributed by atoms with Crippen LogP contribution in [-0.4, -0.2) is 47.5 Å². The Morgan fingerprint density at radius 3 is 2.67 bits per heavy atom. The summed E-state index contributed by atoms with van der Waals surface area (Å²) < 4.78 is 11.4. The van der Waals surface area contributed by atoms with E-state index >= 15 is 0 Å². The first-order chi connectivity index (χ1) is 13.2. The average Bonchev–Trinajstić information content (AvgIpc) is 3.35. The number of hydrogen-bond acceptors (Lipinski definition) is 5. The third-order valence-electron chi connectivity index (χ3n) is 5.95. The second-order valence-corrected chi connectivity index (χ2v) is 7.92. The van der Waals surface area contributed by atoms with Crippen LogP contribution in [0.15, 0.2) is 4.42 Å². The highest BCUT2D eigenvalue weighted by molar-refractivity contribution is 5.84. The molecule has 1 aromatic rings. The molecule has 4 rings (SSSR count). The summed E-state index contributed by atoms with van der Waals surface area (Å²) in [5, 5.41) is 3.05. The van der Waals surface area contributed by atoms with Crippen molar-refractivity contribution in [3.8, 4) is 0 Å². The number of carbonyl (C=O) groups excluding carboxylic acids is 2. The molecule has 1 aliphatic carbocycles. The van der Waals surface area contributed by atoms with Gasteiger partial charge in [0.15, 0.2) is 5.89 Å². The monoisotopic (exact) mass is 375 g/mol. The summed E-state index contributed by atoms with van der Waals surface area (Å²) in [6.45, 7) is 2.64. The molecule has 2 fully saturated rings. The fourth-order valence-electron chi connectivity index (χ4n) is 4.30. The second-order valence-electron chi connectivity index (χ2n) is 7.92. The maximum Gasteiger partial charge on any atom is 0.223 e. The van der Waals surface area contributed by atoms with Gasteiger partial charge in [-0.15, -0.1) is 0 Å². The minimum Gasteiger partial charge on any atom is -0.445 e. The Morgan fingerprint density at radius 2 is 1.89 bits per heavy atom. The van der Waals surface area contributed by atoms with E-state index in [1.807, 2.05) is 4.90 Å². The molecular weight excluding hydrogens is 346 g/mol. The molecule has 7 heteroatoms. The maximum atomic E-state index is 12.5. The van der Waals surface area contributed by atoms with Gasteiger partial charge in [-0.3, -0.25) is 9.59 Å². The number of nitrogens with zero attached hydrogens (tertiary/aromatic N) is 2. The number of rotatable bonds is 5. The zero-order valence-corrected chi connectivity index (χ0v) is 15.9. The van der Waals surface area contributed by atoms with E-state index in [0.717, 1.165) is 56.2 Å². The molecule has 1 aromatic heterocycles. The number of oxazole rings is 1. The van der Waals surface area contributed by atoms with Crippen LogP contribution in [-0.2, 0) is 27.3 Å². The predicted molar refractivity (Wildman–Crippen MR) is 98.1 cm³/mol. The van der Waals surface area contributed by atoms with Crippen molar-refractivity contribution in [3.05, 3.63) is 17.3 Å². The molecule has 0 aromatic carbocycles. The van der Waals surface area contributed by atoms with Gasteiger partial charge < -0.3 is 19.4 Å². The van der Waals surface area contributed by atoms with Gasteiger partial charge in [-0.2, -0.15) is 0 Å². The Kier molecular flexibility index (Phi) is 5.76. The number of amides is 2. The average molecular weight is 375 g/mol. The summed E-state index contributed by atoms with van der Waals surface area (Å²) in [6.07, 6.45) is 7.62. The first-order valence-corrected chi connectivity index (χ1v) is 10.3. The van der Waals surface area contributed by atoms with E-state index in [4.69, 9.17) is 9.15 Å². The molecule has 2 aliphatic heterocycles. The van der Waals surface area contributed by atoms with E-state index in [1.165, 1.54) is 12.8 Å². The van der Waals surface area contributed by atoms with Crippen LogP contribution < -0.4 is 5.32 Å². The Labute approximate surface area is 159 Å². The second kappa shape index (κ2) is 8.42. The van der Waals surface area contributed by atoms with Crippen LogP contribution >= 0.6 is 0 Å².